The Kier molecular flexibility index (Phi) is 6.03. The molecule has 0 unspecified atom stereocenters. The van der Waals surface area contributed by atoms with Gasteiger partial charge in [-0.05, 0) is 35.7 Å². The molecule has 4 rings (SSSR count). The quantitative estimate of drug-likeness (QED) is 0.474. The molecular weight excluding hydrogens is 412 g/mol. The minimum atomic E-state index is -0.0607. The monoisotopic (exact) mass is 434 g/mol. The van der Waals surface area contributed by atoms with E-state index in [9.17, 15) is 4.79 Å². The maximum absolute atomic E-state index is 13.2. The van der Waals surface area contributed by atoms with Crippen molar-refractivity contribution in [3.05, 3.63) is 70.8 Å². The van der Waals surface area contributed by atoms with E-state index < -0.39 is 0 Å². The zero-order chi connectivity index (χ0) is 21.8. The normalized spacial score (nSPS) is 10.8. The molecule has 0 saturated carbocycles. The van der Waals surface area contributed by atoms with Gasteiger partial charge in [0.05, 0.1) is 17.4 Å². The molecule has 1 amide bonds. The van der Waals surface area contributed by atoms with Crippen LogP contribution < -0.4 is 10.1 Å². The van der Waals surface area contributed by atoms with Crippen molar-refractivity contribution in [3.8, 4) is 5.88 Å². The molecule has 0 bridgehead atoms. The highest BCUT2D eigenvalue weighted by atomic mass is 32.1. The van der Waals surface area contributed by atoms with E-state index in [2.05, 4.69) is 25.3 Å². The van der Waals surface area contributed by atoms with E-state index >= 15 is 0 Å². The van der Waals surface area contributed by atoms with Crippen molar-refractivity contribution in [2.75, 3.05) is 19.5 Å². The minimum absolute atomic E-state index is 0.0607. The fraction of sp³-hybridized carbons (Fsp3) is 0.227. The first-order valence-electron chi connectivity index (χ1n) is 9.68. The molecule has 4 heterocycles. The van der Waals surface area contributed by atoms with Crippen molar-refractivity contribution in [2.45, 2.75) is 20.0 Å². The van der Waals surface area contributed by atoms with E-state index in [1.54, 1.807) is 31.5 Å². The number of carbonyl (C=O) groups is 1. The van der Waals surface area contributed by atoms with E-state index in [1.807, 2.05) is 37.4 Å². The number of nitrogens with zero attached hydrogens (tertiary/aromatic N) is 5. The molecule has 8 nitrogen and oxygen atoms in total. The topological polar surface area (TPSA) is 93.1 Å². The van der Waals surface area contributed by atoms with Gasteiger partial charge < -0.3 is 15.0 Å². The summed E-state index contributed by atoms with van der Waals surface area (Å²) in [5.74, 6) is 1.17. The summed E-state index contributed by atoms with van der Waals surface area (Å²) in [6, 6.07) is 7.59. The summed E-state index contributed by atoms with van der Waals surface area (Å²) in [4.78, 5) is 33.4. The van der Waals surface area contributed by atoms with E-state index in [0.29, 0.717) is 29.7 Å². The van der Waals surface area contributed by atoms with Crippen molar-refractivity contribution in [1.29, 1.82) is 0 Å². The first kappa shape index (κ1) is 20.7. The van der Waals surface area contributed by atoms with Crippen LogP contribution in [0.3, 0.4) is 0 Å². The lowest BCUT2D eigenvalue weighted by molar-refractivity contribution is 0.0789. The van der Waals surface area contributed by atoms with Gasteiger partial charge in [-0.1, -0.05) is 6.07 Å². The number of methoxy groups -OCH3 is 1. The van der Waals surface area contributed by atoms with Crippen molar-refractivity contribution in [2.24, 2.45) is 0 Å². The average Bonchev–Trinajstić information content (AvgIpc) is 3.15. The van der Waals surface area contributed by atoms with E-state index in [0.717, 1.165) is 26.9 Å². The summed E-state index contributed by atoms with van der Waals surface area (Å²) in [6.07, 6.45) is 6.74. The number of nitrogens with one attached hydrogen (secondary N) is 1. The fourth-order valence-electron chi connectivity index (χ4n) is 3.28. The van der Waals surface area contributed by atoms with Gasteiger partial charge in [-0.2, -0.15) is 0 Å². The summed E-state index contributed by atoms with van der Waals surface area (Å²) in [6.45, 7) is 2.97. The Labute approximate surface area is 184 Å². The number of aryl methyl sites for hydroxylation is 1. The summed E-state index contributed by atoms with van der Waals surface area (Å²) in [5, 5.41) is 4.22. The second-order valence-corrected chi connectivity index (χ2v) is 8.04. The third-order valence-corrected chi connectivity index (χ3v) is 6.07. The molecule has 0 atom stereocenters. The van der Waals surface area contributed by atoms with Gasteiger partial charge in [-0.15, -0.1) is 11.3 Å². The van der Waals surface area contributed by atoms with Crippen LogP contribution >= 0.6 is 11.3 Å². The highest BCUT2D eigenvalue weighted by Gasteiger charge is 2.22. The number of aromatic nitrogens is 4. The third-order valence-electron chi connectivity index (χ3n) is 4.88. The molecule has 0 radical (unpaired) electrons. The maximum atomic E-state index is 13.2. The summed E-state index contributed by atoms with van der Waals surface area (Å²) >= 11 is 1.38. The maximum Gasteiger partial charge on any atom is 0.264 e. The number of fused-ring (bicyclic) bond motifs is 1. The number of hydrogen-bond donors (Lipinski definition) is 1. The minimum Gasteiger partial charge on any atom is -0.481 e. The number of amides is 1. The number of anilines is 1. The summed E-state index contributed by atoms with van der Waals surface area (Å²) in [5.41, 5.74) is 2.87. The number of rotatable bonds is 7. The lowest BCUT2D eigenvalue weighted by Crippen LogP contribution is -2.26. The van der Waals surface area contributed by atoms with Crippen molar-refractivity contribution < 1.29 is 9.53 Å². The second-order valence-electron chi connectivity index (χ2n) is 7.04. The largest absolute Gasteiger partial charge is 0.481 e. The Morgan fingerprint density at radius 1 is 1.19 bits per heavy atom. The van der Waals surface area contributed by atoms with Crippen LogP contribution in [0.25, 0.3) is 10.2 Å². The lowest BCUT2D eigenvalue weighted by atomic mass is 10.1. The summed E-state index contributed by atoms with van der Waals surface area (Å²) < 4.78 is 5.17. The highest BCUT2D eigenvalue weighted by molar-refractivity contribution is 7.20. The zero-order valence-corrected chi connectivity index (χ0v) is 18.3. The van der Waals surface area contributed by atoms with Gasteiger partial charge in [0.2, 0.25) is 5.88 Å². The van der Waals surface area contributed by atoms with Crippen LogP contribution in [0.1, 0.15) is 26.4 Å². The lowest BCUT2D eigenvalue weighted by Gasteiger charge is -2.17. The molecule has 0 aliphatic heterocycles. The molecule has 0 aliphatic carbocycles. The zero-order valence-electron chi connectivity index (χ0n) is 17.5. The molecule has 158 valence electrons. The smallest absolute Gasteiger partial charge is 0.264 e. The SMILES string of the molecule is COc1cc(CN(C)C(=O)c2sc3ncnc(NCc4cccnc4)c3c2C)ccn1. The van der Waals surface area contributed by atoms with Crippen LogP contribution in [-0.2, 0) is 13.1 Å². The Bertz CT molecular complexity index is 1210. The molecule has 0 saturated heterocycles. The standard InChI is InChI=1S/C22H22N6O2S/c1-14-18-20(25-11-16-5-4-7-23-10-16)26-13-27-21(18)31-19(14)22(29)28(2)12-15-6-8-24-17(9-15)30-3/h4-10,13H,11-12H2,1-3H3,(H,25,26,27). The van der Waals surface area contributed by atoms with Crippen molar-refractivity contribution >= 4 is 33.3 Å². The number of pyridine rings is 2. The number of hydrogen-bond acceptors (Lipinski definition) is 8. The van der Waals surface area contributed by atoms with Gasteiger partial charge in [-0.3, -0.25) is 9.78 Å². The number of carbonyl (C=O) groups excluding carboxylic acids is 1. The van der Waals surface area contributed by atoms with Crippen LogP contribution in [0.4, 0.5) is 5.82 Å². The van der Waals surface area contributed by atoms with Crippen LogP contribution in [0, 0.1) is 6.92 Å². The molecule has 0 spiro atoms. The first-order valence-corrected chi connectivity index (χ1v) is 10.5. The van der Waals surface area contributed by atoms with Crippen molar-refractivity contribution in [3.63, 3.8) is 0 Å². The van der Waals surface area contributed by atoms with E-state index in [1.165, 1.54) is 17.7 Å². The van der Waals surface area contributed by atoms with E-state index in [-0.39, 0.29) is 5.91 Å². The highest BCUT2D eigenvalue weighted by Crippen LogP contribution is 2.34. The molecule has 4 aromatic rings. The van der Waals surface area contributed by atoms with Crippen molar-refractivity contribution in [1.82, 2.24) is 24.8 Å². The predicted octanol–water partition coefficient (Wildman–Crippen LogP) is 3.68. The third kappa shape index (κ3) is 4.46. The van der Waals surface area contributed by atoms with Crippen LogP contribution in [-0.4, -0.2) is 44.9 Å². The first-order chi connectivity index (χ1) is 15.1. The van der Waals surface area contributed by atoms with Crippen LogP contribution in [0.5, 0.6) is 5.88 Å². The molecule has 31 heavy (non-hydrogen) atoms. The van der Waals surface area contributed by atoms with Gasteiger partial charge in [0.25, 0.3) is 5.91 Å². The number of ether oxygens (including phenoxy) is 1. The Morgan fingerprint density at radius 2 is 2.06 bits per heavy atom. The summed E-state index contributed by atoms with van der Waals surface area (Å²) in [7, 11) is 3.36. The molecule has 4 aromatic heterocycles. The Balaban J connectivity index is 1.57. The molecule has 0 aromatic carbocycles. The number of thiophene rings is 1. The van der Waals surface area contributed by atoms with Gasteiger partial charge in [0.15, 0.2) is 0 Å². The Morgan fingerprint density at radius 3 is 2.84 bits per heavy atom. The molecular formula is C22H22N6O2S. The van der Waals surface area contributed by atoms with Crippen LogP contribution in [0.15, 0.2) is 49.2 Å². The fourth-order valence-corrected chi connectivity index (χ4v) is 4.42. The average molecular weight is 435 g/mol. The van der Waals surface area contributed by atoms with Gasteiger partial charge in [0.1, 0.15) is 17.0 Å². The van der Waals surface area contributed by atoms with Gasteiger partial charge >= 0.3 is 0 Å². The van der Waals surface area contributed by atoms with Gasteiger partial charge in [-0.25, -0.2) is 15.0 Å². The molecule has 9 heteroatoms. The molecule has 0 fully saturated rings. The second kappa shape index (κ2) is 9.05. The molecule has 1 N–H and O–H groups in total. The molecule has 0 aliphatic rings. The predicted molar refractivity (Wildman–Crippen MR) is 120 cm³/mol. The van der Waals surface area contributed by atoms with Crippen LogP contribution in [0.2, 0.25) is 0 Å². The van der Waals surface area contributed by atoms with E-state index in [4.69, 9.17) is 4.74 Å². The van der Waals surface area contributed by atoms with Gasteiger partial charge in [0, 0.05) is 44.8 Å². The Hall–Kier alpha value is -3.59.